The maximum Gasteiger partial charge on any atom is 0.243 e. The van der Waals surface area contributed by atoms with E-state index in [1.807, 2.05) is 30.3 Å². The third-order valence-electron chi connectivity index (χ3n) is 6.31. The summed E-state index contributed by atoms with van der Waals surface area (Å²) in [6.45, 7) is 1.49. The van der Waals surface area contributed by atoms with Crippen LogP contribution in [0.2, 0.25) is 0 Å². The number of nitrogens with zero attached hydrogens (tertiary/aromatic N) is 3. The number of piperidine rings is 1. The smallest absolute Gasteiger partial charge is 0.243 e. The summed E-state index contributed by atoms with van der Waals surface area (Å²) in [4.78, 5) is 27.4. The number of hydrogen-bond donors (Lipinski definition) is 0. The van der Waals surface area contributed by atoms with Crippen LogP contribution in [-0.2, 0) is 9.59 Å². The normalized spacial score (nSPS) is 25.1. The van der Waals surface area contributed by atoms with Gasteiger partial charge in [0, 0.05) is 31.8 Å². The van der Waals surface area contributed by atoms with E-state index in [1.54, 1.807) is 5.01 Å². The number of amides is 2. The zero-order valence-electron chi connectivity index (χ0n) is 16.0. The quantitative estimate of drug-likeness (QED) is 0.817. The number of carbonyl (C=O) groups excluding carboxylic acids is 2. The molecule has 2 unspecified atom stereocenters. The predicted molar refractivity (Wildman–Crippen MR) is 105 cm³/mol. The van der Waals surface area contributed by atoms with E-state index < -0.39 is 0 Å². The molecule has 0 aromatic heterocycles. The highest BCUT2D eigenvalue weighted by Gasteiger charge is 2.35. The van der Waals surface area contributed by atoms with Gasteiger partial charge in [-0.2, -0.15) is 5.10 Å². The van der Waals surface area contributed by atoms with Crippen molar-refractivity contribution in [1.82, 2.24) is 9.91 Å². The summed E-state index contributed by atoms with van der Waals surface area (Å²) in [6, 6.07) is 10.4. The standard InChI is InChI=1S/C22H29N3O2/c26-21(24-15-6-10-18-9-4-5-11-20(18)24)12-13-22(27)25-16-14-19(23-25)17-7-2-1-3-8-17/h1-3,7-8,18,20H,4-6,9-16H2. The van der Waals surface area contributed by atoms with Crippen LogP contribution in [0.1, 0.15) is 63.4 Å². The van der Waals surface area contributed by atoms with Crippen molar-refractivity contribution in [3.05, 3.63) is 35.9 Å². The zero-order chi connectivity index (χ0) is 18.6. The number of rotatable bonds is 4. The Labute approximate surface area is 161 Å². The van der Waals surface area contributed by atoms with E-state index in [2.05, 4.69) is 10.0 Å². The number of benzene rings is 1. The zero-order valence-corrected chi connectivity index (χ0v) is 16.0. The van der Waals surface area contributed by atoms with E-state index in [4.69, 9.17) is 0 Å². The average molecular weight is 367 g/mol. The maximum atomic E-state index is 12.8. The topological polar surface area (TPSA) is 53.0 Å². The van der Waals surface area contributed by atoms with Crippen molar-refractivity contribution in [3.63, 3.8) is 0 Å². The molecule has 4 rings (SSSR count). The fourth-order valence-corrected chi connectivity index (χ4v) is 4.89. The minimum absolute atomic E-state index is 0.0357. The Morgan fingerprint density at radius 3 is 2.52 bits per heavy atom. The second-order valence-electron chi connectivity index (χ2n) is 8.02. The van der Waals surface area contributed by atoms with Gasteiger partial charge in [0.2, 0.25) is 11.8 Å². The molecule has 0 spiro atoms. The van der Waals surface area contributed by atoms with Crippen LogP contribution in [0, 0.1) is 5.92 Å². The van der Waals surface area contributed by atoms with Gasteiger partial charge in [0.05, 0.1) is 12.3 Å². The van der Waals surface area contributed by atoms with Crippen molar-refractivity contribution < 1.29 is 9.59 Å². The van der Waals surface area contributed by atoms with E-state index in [0.29, 0.717) is 24.9 Å². The lowest BCUT2D eigenvalue weighted by atomic mass is 9.78. The summed E-state index contributed by atoms with van der Waals surface area (Å²) in [5, 5.41) is 6.04. The van der Waals surface area contributed by atoms with E-state index in [1.165, 1.54) is 25.7 Å². The molecule has 1 aromatic rings. The fourth-order valence-electron chi connectivity index (χ4n) is 4.89. The molecular formula is C22H29N3O2. The first-order chi connectivity index (χ1) is 13.2. The fraction of sp³-hybridized carbons (Fsp3) is 0.591. The Hall–Kier alpha value is -2.17. The van der Waals surface area contributed by atoms with Gasteiger partial charge >= 0.3 is 0 Å². The first-order valence-corrected chi connectivity index (χ1v) is 10.4. The molecule has 0 radical (unpaired) electrons. The number of hydrazone groups is 1. The second kappa shape index (κ2) is 8.24. The van der Waals surface area contributed by atoms with Crippen LogP contribution in [-0.4, -0.2) is 46.6 Å². The number of hydrogen-bond acceptors (Lipinski definition) is 3. The van der Waals surface area contributed by atoms with Crippen LogP contribution in [0.5, 0.6) is 0 Å². The van der Waals surface area contributed by atoms with Crippen LogP contribution < -0.4 is 0 Å². The lowest BCUT2D eigenvalue weighted by Gasteiger charge is -2.44. The first kappa shape index (κ1) is 18.2. The lowest BCUT2D eigenvalue weighted by molar-refractivity contribution is -0.141. The van der Waals surface area contributed by atoms with Gasteiger partial charge in [-0.15, -0.1) is 0 Å². The molecule has 2 aliphatic heterocycles. The van der Waals surface area contributed by atoms with Crippen LogP contribution in [0.15, 0.2) is 35.4 Å². The number of likely N-dealkylation sites (tertiary alicyclic amines) is 1. The lowest BCUT2D eigenvalue weighted by Crippen LogP contribution is -2.49. The summed E-state index contributed by atoms with van der Waals surface area (Å²) < 4.78 is 0. The van der Waals surface area contributed by atoms with Gasteiger partial charge in [-0.25, -0.2) is 5.01 Å². The third kappa shape index (κ3) is 4.07. The largest absolute Gasteiger partial charge is 0.339 e. The Kier molecular flexibility index (Phi) is 5.55. The molecule has 0 bridgehead atoms. The van der Waals surface area contributed by atoms with Gasteiger partial charge < -0.3 is 4.90 Å². The molecule has 0 N–H and O–H groups in total. The molecule has 1 saturated carbocycles. The molecule has 2 heterocycles. The van der Waals surface area contributed by atoms with E-state index >= 15 is 0 Å². The van der Waals surface area contributed by atoms with E-state index in [0.717, 1.165) is 37.1 Å². The Bertz CT molecular complexity index is 714. The molecule has 2 fully saturated rings. The molecule has 2 amide bonds. The van der Waals surface area contributed by atoms with Crippen LogP contribution in [0.3, 0.4) is 0 Å². The average Bonchev–Trinajstić information content (AvgIpc) is 3.22. The van der Waals surface area contributed by atoms with E-state index in [9.17, 15) is 9.59 Å². The van der Waals surface area contributed by atoms with Crippen molar-refractivity contribution in [2.24, 2.45) is 11.0 Å². The van der Waals surface area contributed by atoms with Gasteiger partial charge in [-0.3, -0.25) is 9.59 Å². The summed E-state index contributed by atoms with van der Waals surface area (Å²) in [5.41, 5.74) is 2.02. The van der Waals surface area contributed by atoms with Crippen LogP contribution >= 0.6 is 0 Å². The Balaban J connectivity index is 1.31. The summed E-state index contributed by atoms with van der Waals surface area (Å²) >= 11 is 0. The SMILES string of the molecule is O=C(CCC(=O)N1CCCC2CCCCC21)N1CCC(c2ccccc2)=N1. The molecule has 5 heteroatoms. The van der Waals surface area contributed by atoms with Crippen molar-refractivity contribution >= 4 is 17.5 Å². The highest BCUT2D eigenvalue weighted by molar-refractivity contribution is 6.02. The maximum absolute atomic E-state index is 12.8. The minimum atomic E-state index is -0.0357. The first-order valence-electron chi connectivity index (χ1n) is 10.4. The Morgan fingerprint density at radius 1 is 0.926 bits per heavy atom. The highest BCUT2D eigenvalue weighted by atomic mass is 16.2. The van der Waals surface area contributed by atoms with Crippen molar-refractivity contribution in [3.8, 4) is 0 Å². The minimum Gasteiger partial charge on any atom is -0.339 e. The molecule has 5 nitrogen and oxygen atoms in total. The summed E-state index contributed by atoms with van der Waals surface area (Å²) in [7, 11) is 0. The number of carbonyl (C=O) groups is 2. The van der Waals surface area contributed by atoms with Crippen LogP contribution in [0.25, 0.3) is 0 Å². The third-order valence-corrected chi connectivity index (χ3v) is 6.31. The van der Waals surface area contributed by atoms with Crippen molar-refractivity contribution in [2.75, 3.05) is 13.1 Å². The molecule has 1 aromatic carbocycles. The summed E-state index contributed by atoms with van der Waals surface area (Å²) in [6.07, 6.45) is 8.66. The van der Waals surface area contributed by atoms with Crippen molar-refractivity contribution in [1.29, 1.82) is 0 Å². The van der Waals surface area contributed by atoms with Gasteiger partial charge in [0.25, 0.3) is 0 Å². The van der Waals surface area contributed by atoms with Gasteiger partial charge in [0.15, 0.2) is 0 Å². The van der Waals surface area contributed by atoms with Crippen LogP contribution in [0.4, 0.5) is 0 Å². The summed E-state index contributed by atoms with van der Waals surface area (Å²) in [5.74, 6) is 0.807. The number of fused-ring (bicyclic) bond motifs is 1. The van der Waals surface area contributed by atoms with Gasteiger partial charge in [0.1, 0.15) is 0 Å². The molecule has 27 heavy (non-hydrogen) atoms. The predicted octanol–water partition coefficient (Wildman–Crippen LogP) is 3.58. The molecule has 1 saturated heterocycles. The van der Waals surface area contributed by atoms with Crippen molar-refractivity contribution in [2.45, 2.75) is 63.8 Å². The molecule has 144 valence electrons. The molecular weight excluding hydrogens is 338 g/mol. The molecule has 2 atom stereocenters. The molecule has 1 aliphatic carbocycles. The van der Waals surface area contributed by atoms with Gasteiger partial charge in [-0.1, -0.05) is 43.2 Å². The monoisotopic (exact) mass is 367 g/mol. The Morgan fingerprint density at radius 2 is 1.67 bits per heavy atom. The second-order valence-corrected chi connectivity index (χ2v) is 8.02. The van der Waals surface area contributed by atoms with E-state index in [-0.39, 0.29) is 18.2 Å². The highest BCUT2D eigenvalue weighted by Crippen LogP contribution is 2.35. The van der Waals surface area contributed by atoms with Gasteiger partial charge in [-0.05, 0) is 37.2 Å². The molecule has 3 aliphatic rings.